The summed E-state index contributed by atoms with van der Waals surface area (Å²) in [4.78, 5) is 38.4. The van der Waals surface area contributed by atoms with Gasteiger partial charge in [0.05, 0.1) is 0 Å². The van der Waals surface area contributed by atoms with Crippen LogP contribution in [-0.2, 0) is 9.59 Å². The van der Waals surface area contributed by atoms with Gasteiger partial charge in [-0.25, -0.2) is 4.79 Å². The number of rotatable bonds is 3. The molecule has 8 nitrogen and oxygen atoms in total. The molecule has 2 heterocycles. The monoisotopic (exact) mass is 351 g/mol. The largest absolute Gasteiger partial charge is 0.354 e. The van der Waals surface area contributed by atoms with E-state index in [2.05, 4.69) is 21.3 Å². The summed E-state index contributed by atoms with van der Waals surface area (Å²) < 4.78 is 0. The summed E-state index contributed by atoms with van der Waals surface area (Å²) in [6, 6.07) is -0.758. The fourth-order valence-corrected chi connectivity index (χ4v) is 3.80. The van der Waals surface area contributed by atoms with E-state index in [1.807, 2.05) is 0 Å². The molecule has 140 valence electrons. The molecule has 0 aromatic heterocycles. The molecule has 0 unspecified atom stereocenters. The van der Waals surface area contributed by atoms with Crippen molar-refractivity contribution in [2.75, 3.05) is 26.2 Å². The van der Waals surface area contributed by atoms with Crippen LogP contribution in [0.4, 0.5) is 4.79 Å². The Morgan fingerprint density at radius 2 is 1.80 bits per heavy atom. The van der Waals surface area contributed by atoms with Gasteiger partial charge in [0.1, 0.15) is 12.1 Å². The van der Waals surface area contributed by atoms with Crippen molar-refractivity contribution in [2.24, 2.45) is 0 Å². The van der Waals surface area contributed by atoms with Crippen LogP contribution < -0.4 is 21.3 Å². The van der Waals surface area contributed by atoms with E-state index in [9.17, 15) is 14.4 Å². The van der Waals surface area contributed by atoms with Crippen molar-refractivity contribution >= 4 is 17.8 Å². The number of piperazine rings is 1. The van der Waals surface area contributed by atoms with Gasteiger partial charge < -0.3 is 26.2 Å². The Kier molecular flexibility index (Phi) is 6.12. The van der Waals surface area contributed by atoms with Gasteiger partial charge in [-0.15, -0.1) is 0 Å². The Balaban J connectivity index is 1.48. The SMILES string of the molecule is O=C(N[C@H]1CCCNC1=O)[C@@H]1CN(C(=O)NC2CCCCC2)CCN1. The van der Waals surface area contributed by atoms with Crippen molar-refractivity contribution in [1.29, 1.82) is 0 Å². The van der Waals surface area contributed by atoms with Crippen LogP contribution in [0.5, 0.6) is 0 Å². The van der Waals surface area contributed by atoms with E-state index in [0.717, 1.165) is 19.3 Å². The highest BCUT2D eigenvalue weighted by Gasteiger charge is 2.32. The highest BCUT2D eigenvalue weighted by molar-refractivity contribution is 5.90. The van der Waals surface area contributed by atoms with Gasteiger partial charge in [0, 0.05) is 32.2 Å². The number of amides is 4. The maximum atomic E-state index is 12.5. The first-order valence-electron chi connectivity index (χ1n) is 9.50. The average Bonchev–Trinajstić information content (AvgIpc) is 2.64. The normalized spacial score (nSPS) is 28.2. The van der Waals surface area contributed by atoms with Gasteiger partial charge in [0.2, 0.25) is 11.8 Å². The van der Waals surface area contributed by atoms with Crippen molar-refractivity contribution in [3.63, 3.8) is 0 Å². The molecule has 3 fully saturated rings. The third-order valence-corrected chi connectivity index (χ3v) is 5.31. The summed E-state index contributed by atoms with van der Waals surface area (Å²) in [7, 11) is 0. The zero-order chi connectivity index (χ0) is 17.6. The molecule has 0 radical (unpaired) electrons. The standard InChI is InChI=1S/C17H29N5O3/c23-15-13(7-4-8-19-15)21-16(24)14-11-22(10-9-18-14)17(25)20-12-5-2-1-3-6-12/h12-14,18H,1-11H2,(H,19,23)(H,20,25)(H,21,24)/t13-,14-/m0/s1. The minimum atomic E-state index is -0.472. The lowest BCUT2D eigenvalue weighted by Crippen LogP contribution is -2.62. The second-order valence-electron chi connectivity index (χ2n) is 7.23. The molecule has 3 rings (SSSR count). The molecule has 0 bridgehead atoms. The average molecular weight is 351 g/mol. The lowest BCUT2D eigenvalue weighted by molar-refractivity contribution is -0.131. The molecular weight excluding hydrogens is 322 g/mol. The molecule has 1 saturated carbocycles. The van der Waals surface area contributed by atoms with Crippen LogP contribution >= 0.6 is 0 Å². The van der Waals surface area contributed by atoms with Crippen LogP contribution in [0.1, 0.15) is 44.9 Å². The molecule has 1 aliphatic carbocycles. The Labute approximate surface area is 148 Å². The maximum Gasteiger partial charge on any atom is 0.317 e. The first-order valence-corrected chi connectivity index (χ1v) is 9.50. The Morgan fingerprint density at radius 1 is 1.00 bits per heavy atom. The summed E-state index contributed by atoms with van der Waals surface area (Å²) in [5, 5.41) is 11.8. The predicted octanol–water partition coefficient (Wildman–Crippen LogP) is -0.303. The first-order chi connectivity index (χ1) is 12.1. The van der Waals surface area contributed by atoms with Crippen LogP contribution in [0, 0.1) is 0 Å². The van der Waals surface area contributed by atoms with Gasteiger partial charge in [0.15, 0.2) is 0 Å². The fourth-order valence-electron chi connectivity index (χ4n) is 3.80. The van der Waals surface area contributed by atoms with Crippen molar-refractivity contribution in [1.82, 2.24) is 26.2 Å². The highest BCUT2D eigenvalue weighted by Crippen LogP contribution is 2.17. The van der Waals surface area contributed by atoms with Crippen molar-refractivity contribution in [3.8, 4) is 0 Å². The molecule has 25 heavy (non-hydrogen) atoms. The van der Waals surface area contributed by atoms with Crippen LogP contribution in [-0.4, -0.2) is 67.0 Å². The number of urea groups is 1. The lowest BCUT2D eigenvalue weighted by Gasteiger charge is -2.35. The van der Waals surface area contributed by atoms with E-state index in [1.54, 1.807) is 4.90 Å². The van der Waals surface area contributed by atoms with E-state index in [4.69, 9.17) is 0 Å². The predicted molar refractivity (Wildman–Crippen MR) is 92.9 cm³/mol. The number of nitrogens with one attached hydrogen (secondary N) is 4. The van der Waals surface area contributed by atoms with Gasteiger partial charge in [-0.1, -0.05) is 19.3 Å². The Bertz CT molecular complexity index is 507. The van der Waals surface area contributed by atoms with Crippen molar-refractivity contribution < 1.29 is 14.4 Å². The molecule has 4 amide bonds. The quantitative estimate of drug-likeness (QED) is 0.560. The number of carbonyl (C=O) groups is 3. The van der Waals surface area contributed by atoms with Crippen LogP contribution in [0.25, 0.3) is 0 Å². The molecule has 8 heteroatoms. The number of piperidine rings is 1. The number of hydrogen-bond donors (Lipinski definition) is 4. The van der Waals surface area contributed by atoms with Gasteiger partial charge in [-0.05, 0) is 25.7 Å². The number of hydrogen-bond acceptors (Lipinski definition) is 4. The second kappa shape index (κ2) is 8.51. The molecule has 3 aliphatic rings. The molecule has 4 N–H and O–H groups in total. The topological polar surface area (TPSA) is 103 Å². The van der Waals surface area contributed by atoms with Crippen molar-refractivity contribution in [2.45, 2.75) is 63.1 Å². The van der Waals surface area contributed by atoms with E-state index >= 15 is 0 Å². The first kappa shape index (κ1) is 18.0. The second-order valence-corrected chi connectivity index (χ2v) is 7.23. The van der Waals surface area contributed by atoms with E-state index in [-0.39, 0.29) is 23.9 Å². The summed E-state index contributed by atoms with van der Waals surface area (Å²) in [6.45, 7) is 2.17. The number of carbonyl (C=O) groups excluding carboxylic acids is 3. The summed E-state index contributed by atoms with van der Waals surface area (Å²) in [5.74, 6) is -0.334. The zero-order valence-corrected chi connectivity index (χ0v) is 14.7. The molecule has 0 aromatic carbocycles. The van der Waals surface area contributed by atoms with Crippen LogP contribution in [0.2, 0.25) is 0 Å². The molecule has 0 aromatic rings. The molecule has 2 aliphatic heterocycles. The Hall–Kier alpha value is -1.83. The lowest BCUT2D eigenvalue weighted by atomic mass is 9.96. The van der Waals surface area contributed by atoms with Gasteiger partial charge >= 0.3 is 6.03 Å². The molecule has 0 spiro atoms. The maximum absolute atomic E-state index is 12.5. The fraction of sp³-hybridized carbons (Fsp3) is 0.824. The minimum Gasteiger partial charge on any atom is -0.354 e. The van der Waals surface area contributed by atoms with Gasteiger partial charge in [-0.2, -0.15) is 0 Å². The van der Waals surface area contributed by atoms with E-state index < -0.39 is 12.1 Å². The van der Waals surface area contributed by atoms with Crippen LogP contribution in [0.3, 0.4) is 0 Å². The summed E-state index contributed by atoms with van der Waals surface area (Å²) >= 11 is 0. The van der Waals surface area contributed by atoms with Crippen molar-refractivity contribution in [3.05, 3.63) is 0 Å². The minimum absolute atomic E-state index is 0.0818. The summed E-state index contributed by atoms with van der Waals surface area (Å²) in [5.41, 5.74) is 0. The highest BCUT2D eigenvalue weighted by atomic mass is 16.2. The molecular formula is C17H29N5O3. The number of nitrogens with zero attached hydrogens (tertiary/aromatic N) is 1. The smallest absolute Gasteiger partial charge is 0.317 e. The molecule has 2 atom stereocenters. The third-order valence-electron chi connectivity index (χ3n) is 5.31. The van der Waals surface area contributed by atoms with Gasteiger partial charge in [-0.3, -0.25) is 9.59 Å². The van der Waals surface area contributed by atoms with Gasteiger partial charge in [0.25, 0.3) is 0 Å². The Morgan fingerprint density at radius 3 is 2.56 bits per heavy atom. The molecule has 2 saturated heterocycles. The summed E-state index contributed by atoms with van der Waals surface area (Å²) in [6.07, 6.45) is 7.19. The van der Waals surface area contributed by atoms with Crippen LogP contribution in [0.15, 0.2) is 0 Å². The van der Waals surface area contributed by atoms with E-state index in [1.165, 1.54) is 19.3 Å². The van der Waals surface area contributed by atoms with E-state index in [0.29, 0.717) is 32.6 Å². The zero-order valence-electron chi connectivity index (χ0n) is 14.7. The third kappa shape index (κ3) is 4.84.